The molecule has 0 radical (unpaired) electrons. The van der Waals surface area contributed by atoms with Crippen LogP contribution >= 0.6 is 11.6 Å². The lowest BCUT2D eigenvalue weighted by Gasteiger charge is -2.25. The van der Waals surface area contributed by atoms with Crippen molar-refractivity contribution >= 4 is 17.6 Å². The van der Waals surface area contributed by atoms with Crippen molar-refractivity contribution in [3.8, 4) is 12.3 Å². The minimum Gasteiger partial charge on any atom is -0.467 e. The fourth-order valence-corrected chi connectivity index (χ4v) is 2.52. The van der Waals surface area contributed by atoms with Gasteiger partial charge in [-0.2, -0.15) is 0 Å². The molecule has 0 unspecified atom stereocenters. The molecule has 1 aliphatic rings. The smallest absolute Gasteiger partial charge is 0.337 e. The van der Waals surface area contributed by atoms with Crippen LogP contribution in [0.3, 0.4) is 0 Å². The van der Waals surface area contributed by atoms with E-state index in [9.17, 15) is 4.79 Å². The highest BCUT2D eigenvalue weighted by Gasteiger charge is 2.49. The number of methoxy groups -OCH3 is 1. The van der Waals surface area contributed by atoms with Crippen LogP contribution in [0.15, 0.2) is 22.8 Å². The van der Waals surface area contributed by atoms with Gasteiger partial charge < -0.3 is 14.2 Å². The molecule has 1 fully saturated rings. The highest BCUT2D eigenvalue weighted by Crippen LogP contribution is 2.37. The third-order valence-corrected chi connectivity index (χ3v) is 4.25. The van der Waals surface area contributed by atoms with Crippen LogP contribution in [0.2, 0.25) is 0 Å². The molecule has 0 aliphatic carbocycles. The Morgan fingerprint density at radius 2 is 2.05 bits per heavy atom. The van der Waals surface area contributed by atoms with Crippen molar-refractivity contribution < 1.29 is 19.0 Å². The highest BCUT2D eigenvalue weighted by atomic mass is 35.5. The van der Waals surface area contributed by atoms with Gasteiger partial charge in [-0.1, -0.05) is 36.9 Å². The second kappa shape index (κ2) is 8.38. The summed E-state index contributed by atoms with van der Waals surface area (Å²) in [6, 6.07) is 0. The molecular weight excluding hydrogens is 304 g/mol. The zero-order chi connectivity index (χ0) is 16.8. The molecule has 0 aromatic rings. The molecular formula is C17H23ClO4. The van der Waals surface area contributed by atoms with E-state index in [1.807, 2.05) is 20.8 Å². The Balaban J connectivity index is 2.97. The molecule has 5 heteroatoms. The van der Waals surface area contributed by atoms with Gasteiger partial charge in [-0.25, -0.2) is 4.79 Å². The maximum Gasteiger partial charge on any atom is 0.337 e. The molecule has 122 valence electrons. The van der Waals surface area contributed by atoms with Crippen molar-refractivity contribution in [2.75, 3.05) is 7.11 Å². The summed E-state index contributed by atoms with van der Waals surface area (Å²) in [5, 5.41) is 0.538. The highest BCUT2D eigenvalue weighted by molar-refractivity contribution is 6.31. The number of rotatable bonds is 6. The van der Waals surface area contributed by atoms with E-state index in [1.165, 1.54) is 13.2 Å². The van der Waals surface area contributed by atoms with Crippen molar-refractivity contribution in [1.82, 2.24) is 0 Å². The summed E-state index contributed by atoms with van der Waals surface area (Å²) in [5.41, 5.74) is 0.874. The average molecular weight is 327 g/mol. The van der Waals surface area contributed by atoms with E-state index >= 15 is 0 Å². The lowest BCUT2D eigenvalue weighted by molar-refractivity contribution is -0.187. The fraction of sp³-hybridized carbons (Fsp3) is 0.588. The average Bonchev–Trinajstić information content (AvgIpc) is 2.91. The number of allylic oxidation sites excluding steroid dienone is 3. The van der Waals surface area contributed by atoms with Gasteiger partial charge in [-0.05, 0) is 38.3 Å². The van der Waals surface area contributed by atoms with Gasteiger partial charge in [-0.15, -0.1) is 6.42 Å². The zero-order valence-corrected chi connectivity index (χ0v) is 14.3. The third kappa shape index (κ3) is 4.36. The van der Waals surface area contributed by atoms with Crippen molar-refractivity contribution in [3.05, 3.63) is 22.8 Å². The third-order valence-electron chi connectivity index (χ3n) is 3.80. The quantitative estimate of drug-likeness (QED) is 0.425. The minimum absolute atomic E-state index is 0.430. The lowest BCUT2D eigenvalue weighted by atomic mass is 10.0. The van der Waals surface area contributed by atoms with E-state index in [0.717, 1.165) is 5.57 Å². The van der Waals surface area contributed by atoms with Crippen LogP contribution in [0.4, 0.5) is 0 Å². The largest absolute Gasteiger partial charge is 0.467 e. The predicted molar refractivity (Wildman–Crippen MR) is 86.2 cm³/mol. The second-order valence-corrected chi connectivity index (χ2v) is 5.58. The first kappa shape index (κ1) is 18.8. The van der Waals surface area contributed by atoms with E-state index in [1.54, 1.807) is 6.08 Å². The standard InChI is InChI=1S/C17H23ClO4/c1-6-9-10-13(18)12(4)11-14-15(16(19)20-5)22-17(7-2,8-3)21-14/h1,9-10,14-15H,7-8,11H2,2-5H3/b10-9-,13-12-/t14-,15+/m0/s1. The number of hydrogen-bond acceptors (Lipinski definition) is 4. The molecule has 0 aromatic carbocycles. The Bertz CT molecular complexity index is 497. The van der Waals surface area contributed by atoms with Crippen LogP contribution in [-0.4, -0.2) is 31.1 Å². The molecule has 1 aliphatic heterocycles. The van der Waals surface area contributed by atoms with Gasteiger partial charge in [0.15, 0.2) is 11.9 Å². The molecule has 1 rings (SSSR count). The molecule has 4 nitrogen and oxygen atoms in total. The van der Waals surface area contributed by atoms with E-state index < -0.39 is 24.0 Å². The molecule has 0 spiro atoms. The maximum absolute atomic E-state index is 12.0. The van der Waals surface area contributed by atoms with Gasteiger partial charge >= 0.3 is 5.97 Å². The first-order valence-corrected chi connectivity index (χ1v) is 7.72. The Hall–Kier alpha value is -1.28. The number of halogens is 1. The molecule has 0 saturated carbocycles. The number of terminal acetylenes is 1. The van der Waals surface area contributed by atoms with E-state index in [2.05, 4.69) is 5.92 Å². The number of ether oxygens (including phenoxy) is 3. The maximum atomic E-state index is 12.0. The van der Waals surface area contributed by atoms with Crippen molar-refractivity contribution in [2.45, 2.75) is 58.0 Å². The molecule has 1 saturated heterocycles. The predicted octanol–water partition coefficient (Wildman–Crippen LogP) is 3.55. The van der Waals surface area contributed by atoms with E-state index in [4.69, 9.17) is 32.2 Å². The van der Waals surface area contributed by atoms with Crippen LogP contribution in [-0.2, 0) is 19.0 Å². The summed E-state index contributed by atoms with van der Waals surface area (Å²) in [5.74, 6) is 1.21. The van der Waals surface area contributed by atoms with Gasteiger partial charge in [0.25, 0.3) is 0 Å². The number of esters is 1. The molecule has 0 N–H and O–H groups in total. The van der Waals surface area contributed by atoms with Crippen LogP contribution in [0.5, 0.6) is 0 Å². The SMILES string of the molecule is C#C/C=C\C(Cl)=C(/C)C[C@@H]1OC(CC)(CC)O[C@H]1C(=O)OC. The molecule has 0 aromatic heterocycles. The summed E-state index contributed by atoms with van der Waals surface area (Å²) >= 11 is 6.17. The van der Waals surface area contributed by atoms with E-state index in [0.29, 0.717) is 24.3 Å². The van der Waals surface area contributed by atoms with Crippen molar-refractivity contribution in [3.63, 3.8) is 0 Å². The molecule has 0 bridgehead atoms. The Morgan fingerprint density at radius 1 is 1.41 bits per heavy atom. The monoisotopic (exact) mass is 326 g/mol. The Kier molecular flexibility index (Phi) is 7.15. The van der Waals surface area contributed by atoms with Crippen molar-refractivity contribution in [1.29, 1.82) is 0 Å². The topological polar surface area (TPSA) is 44.8 Å². The molecule has 2 atom stereocenters. The number of carbonyl (C=O) groups excluding carboxylic acids is 1. The van der Waals surface area contributed by atoms with Gasteiger partial charge in [0.05, 0.1) is 7.11 Å². The van der Waals surface area contributed by atoms with Crippen LogP contribution in [0.25, 0.3) is 0 Å². The summed E-state index contributed by atoms with van der Waals surface area (Å²) in [6.45, 7) is 5.80. The van der Waals surface area contributed by atoms with Crippen LogP contribution in [0, 0.1) is 12.3 Å². The van der Waals surface area contributed by atoms with Crippen molar-refractivity contribution in [2.24, 2.45) is 0 Å². The molecule has 0 amide bonds. The fourth-order valence-electron chi connectivity index (χ4n) is 2.38. The summed E-state index contributed by atoms with van der Waals surface area (Å²) in [6.07, 6.45) is 8.94. The van der Waals surface area contributed by atoms with Gasteiger partial charge in [0, 0.05) is 5.03 Å². The zero-order valence-electron chi connectivity index (χ0n) is 13.5. The first-order valence-electron chi connectivity index (χ1n) is 7.34. The first-order chi connectivity index (χ1) is 10.4. The summed E-state index contributed by atoms with van der Waals surface area (Å²) in [4.78, 5) is 12.0. The molecule has 22 heavy (non-hydrogen) atoms. The van der Waals surface area contributed by atoms with Gasteiger partial charge in [0.2, 0.25) is 0 Å². The van der Waals surface area contributed by atoms with Crippen LogP contribution < -0.4 is 0 Å². The second-order valence-electron chi connectivity index (χ2n) is 5.17. The Labute approximate surface area is 137 Å². The minimum atomic E-state index is -0.749. The van der Waals surface area contributed by atoms with Gasteiger partial charge in [0.1, 0.15) is 6.10 Å². The molecule has 1 heterocycles. The van der Waals surface area contributed by atoms with E-state index in [-0.39, 0.29) is 0 Å². The summed E-state index contributed by atoms with van der Waals surface area (Å²) < 4.78 is 16.7. The Morgan fingerprint density at radius 3 is 2.55 bits per heavy atom. The van der Waals surface area contributed by atoms with Gasteiger partial charge in [-0.3, -0.25) is 0 Å². The summed E-state index contributed by atoms with van der Waals surface area (Å²) in [7, 11) is 1.34. The van der Waals surface area contributed by atoms with Crippen LogP contribution in [0.1, 0.15) is 40.0 Å². The lowest BCUT2D eigenvalue weighted by Crippen LogP contribution is -2.33. The normalized spacial score (nSPS) is 24.9. The number of hydrogen-bond donors (Lipinski definition) is 0. The number of carbonyl (C=O) groups is 1.